The Kier molecular flexibility index (Phi) is 4.07. The van der Waals surface area contributed by atoms with E-state index in [9.17, 15) is 13.2 Å². The van der Waals surface area contributed by atoms with Gasteiger partial charge in [0.05, 0.1) is 17.1 Å². The summed E-state index contributed by atoms with van der Waals surface area (Å²) < 4.78 is 49.2. The fourth-order valence-electron chi connectivity index (χ4n) is 1.83. The molecule has 0 N–H and O–H groups in total. The van der Waals surface area contributed by atoms with Crippen LogP contribution in [-0.2, 0) is 10.9 Å². The molecule has 0 amide bonds. The van der Waals surface area contributed by atoms with Gasteiger partial charge in [0.25, 0.3) is 0 Å². The van der Waals surface area contributed by atoms with Crippen LogP contribution >= 0.6 is 11.8 Å². The number of ether oxygens (including phenoxy) is 2. The Bertz CT molecular complexity index is 414. The van der Waals surface area contributed by atoms with Crippen molar-refractivity contribution >= 4 is 11.8 Å². The third-order valence-corrected chi connectivity index (χ3v) is 3.46. The van der Waals surface area contributed by atoms with Crippen LogP contribution in [0.2, 0.25) is 0 Å². The Morgan fingerprint density at radius 2 is 2.17 bits per heavy atom. The van der Waals surface area contributed by atoms with Crippen LogP contribution in [0.15, 0.2) is 23.1 Å². The molecular formula is C12H13F3O2S. The average molecular weight is 278 g/mol. The van der Waals surface area contributed by atoms with Crippen LogP contribution < -0.4 is 4.74 Å². The van der Waals surface area contributed by atoms with Gasteiger partial charge in [-0.25, -0.2) is 0 Å². The van der Waals surface area contributed by atoms with Gasteiger partial charge in [0.15, 0.2) is 6.29 Å². The van der Waals surface area contributed by atoms with Gasteiger partial charge in [0.2, 0.25) is 0 Å². The molecule has 6 heteroatoms. The number of thioether (sulfide) groups is 1. The topological polar surface area (TPSA) is 18.5 Å². The van der Waals surface area contributed by atoms with Crippen molar-refractivity contribution in [1.82, 2.24) is 0 Å². The van der Waals surface area contributed by atoms with Crippen LogP contribution in [0.4, 0.5) is 13.2 Å². The summed E-state index contributed by atoms with van der Waals surface area (Å²) in [5.41, 5.74) is -0.662. The zero-order valence-electron chi connectivity index (χ0n) is 9.79. The first-order valence-corrected chi connectivity index (χ1v) is 6.77. The molecule has 1 aromatic rings. The number of alkyl halides is 3. The number of hydrogen-bond acceptors (Lipinski definition) is 3. The molecule has 2 rings (SSSR count). The molecule has 1 fully saturated rings. The van der Waals surface area contributed by atoms with Crippen molar-refractivity contribution in [1.29, 1.82) is 0 Å². The van der Waals surface area contributed by atoms with E-state index < -0.39 is 18.0 Å². The van der Waals surface area contributed by atoms with Gasteiger partial charge < -0.3 is 9.47 Å². The third kappa shape index (κ3) is 2.92. The minimum absolute atomic E-state index is 0.112. The fourth-order valence-corrected chi connectivity index (χ4v) is 2.55. The Labute approximate surface area is 107 Å². The first-order valence-electron chi connectivity index (χ1n) is 5.55. The second-order valence-corrected chi connectivity index (χ2v) is 4.71. The lowest BCUT2D eigenvalue weighted by Gasteiger charge is -2.18. The Morgan fingerprint density at radius 3 is 2.72 bits per heavy atom. The molecule has 1 atom stereocenters. The third-order valence-electron chi connectivity index (χ3n) is 2.63. The van der Waals surface area contributed by atoms with E-state index in [4.69, 9.17) is 9.47 Å². The van der Waals surface area contributed by atoms with E-state index in [1.807, 2.05) is 0 Å². The van der Waals surface area contributed by atoms with Crippen molar-refractivity contribution in [3.8, 4) is 5.75 Å². The van der Waals surface area contributed by atoms with E-state index in [0.717, 1.165) is 24.2 Å². The molecule has 1 saturated heterocycles. The highest BCUT2D eigenvalue weighted by Gasteiger charge is 2.35. The lowest BCUT2D eigenvalue weighted by molar-refractivity contribution is -0.140. The molecule has 1 heterocycles. The van der Waals surface area contributed by atoms with Crippen molar-refractivity contribution in [3.05, 3.63) is 23.8 Å². The minimum Gasteiger partial charge on any atom is -0.464 e. The van der Waals surface area contributed by atoms with E-state index in [1.165, 1.54) is 6.07 Å². The normalized spacial score (nSPS) is 20.1. The second kappa shape index (κ2) is 5.40. The lowest BCUT2D eigenvalue weighted by Crippen LogP contribution is -2.16. The fraction of sp³-hybridized carbons (Fsp3) is 0.500. The average Bonchev–Trinajstić information content (AvgIpc) is 2.80. The van der Waals surface area contributed by atoms with Gasteiger partial charge in [-0.2, -0.15) is 13.2 Å². The molecular weight excluding hydrogens is 265 g/mol. The summed E-state index contributed by atoms with van der Waals surface area (Å²) in [5, 5.41) is 0. The maximum atomic E-state index is 12.8. The van der Waals surface area contributed by atoms with Crippen LogP contribution in [0.3, 0.4) is 0 Å². The monoisotopic (exact) mass is 278 g/mol. The van der Waals surface area contributed by atoms with Crippen LogP contribution in [-0.4, -0.2) is 19.2 Å². The van der Waals surface area contributed by atoms with Gasteiger partial charge in [0.1, 0.15) is 5.75 Å². The van der Waals surface area contributed by atoms with Crippen LogP contribution in [0.1, 0.15) is 18.4 Å². The largest absolute Gasteiger partial charge is 0.464 e. The van der Waals surface area contributed by atoms with Gasteiger partial charge in [-0.15, -0.1) is 11.8 Å². The van der Waals surface area contributed by atoms with E-state index in [1.54, 1.807) is 12.3 Å². The number of rotatable bonds is 3. The highest BCUT2D eigenvalue weighted by atomic mass is 32.2. The van der Waals surface area contributed by atoms with E-state index in [-0.39, 0.29) is 10.6 Å². The quantitative estimate of drug-likeness (QED) is 0.780. The van der Waals surface area contributed by atoms with Gasteiger partial charge in [-0.1, -0.05) is 6.07 Å². The Hall–Kier alpha value is -0.880. The molecule has 0 radical (unpaired) electrons. The SMILES string of the molecule is CSc1c(OC2CCCO2)cccc1C(F)(F)F. The Morgan fingerprint density at radius 1 is 1.39 bits per heavy atom. The maximum absolute atomic E-state index is 12.8. The summed E-state index contributed by atoms with van der Waals surface area (Å²) in [5.74, 6) is 0.240. The maximum Gasteiger partial charge on any atom is 0.417 e. The summed E-state index contributed by atoms with van der Waals surface area (Å²) in [7, 11) is 0. The molecule has 0 bridgehead atoms. The smallest absolute Gasteiger partial charge is 0.417 e. The molecule has 0 saturated carbocycles. The molecule has 1 aliphatic rings. The van der Waals surface area contributed by atoms with E-state index in [0.29, 0.717) is 13.0 Å². The van der Waals surface area contributed by atoms with Crippen molar-refractivity contribution < 1.29 is 22.6 Å². The molecule has 1 aliphatic heterocycles. The molecule has 0 aromatic heterocycles. The molecule has 100 valence electrons. The molecule has 18 heavy (non-hydrogen) atoms. The van der Waals surface area contributed by atoms with Gasteiger partial charge in [-0.3, -0.25) is 0 Å². The Balaban J connectivity index is 2.29. The lowest BCUT2D eigenvalue weighted by atomic mass is 10.2. The summed E-state index contributed by atoms with van der Waals surface area (Å²) in [6, 6.07) is 3.96. The second-order valence-electron chi connectivity index (χ2n) is 3.90. The first kappa shape index (κ1) is 13.5. The van der Waals surface area contributed by atoms with Crippen molar-refractivity contribution in [2.75, 3.05) is 12.9 Å². The highest BCUT2D eigenvalue weighted by molar-refractivity contribution is 7.98. The number of halogens is 3. The van der Waals surface area contributed by atoms with Gasteiger partial charge >= 0.3 is 6.18 Å². The molecule has 1 aromatic carbocycles. The minimum atomic E-state index is -4.37. The zero-order valence-corrected chi connectivity index (χ0v) is 10.6. The van der Waals surface area contributed by atoms with Crippen molar-refractivity contribution in [2.45, 2.75) is 30.2 Å². The first-order chi connectivity index (χ1) is 8.52. The summed E-state index contributed by atoms with van der Waals surface area (Å²) in [6.45, 7) is 0.595. The van der Waals surface area contributed by atoms with Gasteiger partial charge in [-0.05, 0) is 24.8 Å². The number of hydrogen-bond donors (Lipinski definition) is 0. The standard InChI is InChI=1S/C12H13F3O2S/c1-18-11-8(12(13,14)15)4-2-5-9(11)17-10-6-3-7-16-10/h2,4-5,10H,3,6-7H2,1H3. The predicted molar refractivity (Wildman–Crippen MR) is 62.8 cm³/mol. The van der Waals surface area contributed by atoms with Crippen LogP contribution in [0.25, 0.3) is 0 Å². The number of benzene rings is 1. The molecule has 1 unspecified atom stereocenters. The van der Waals surface area contributed by atoms with Crippen molar-refractivity contribution in [3.63, 3.8) is 0 Å². The molecule has 0 spiro atoms. The summed E-state index contributed by atoms with van der Waals surface area (Å²) in [6.07, 6.45) is -1.61. The van der Waals surface area contributed by atoms with Crippen LogP contribution in [0.5, 0.6) is 5.75 Å². The molecule has 2 nitrogen and oxygen atoms in total. The van der Waals surface area contributed by atoms with Crippen molar-refractivity contribution in [2.24, 2.45) is 0 Å². The van der Waals surface area contributed by atoms with Crippen LogP contribution in [0, 0.1) is 0 Å². The van der Waals surface area contributed by atoms with E-state index >= 15 is 0 Å². The van der Waals surface area contributed by atoms with E-state index in [2.05, 4.69) is 0 Å². The summed E-state index contributed by atoms with van der Waals surface area (Å²) in [4.78, 5) is 0.112. The highest BCUT2D eigenvalue weighted by Crippen LogP contribution is 2.41. The van der Waals surface area contributed by atoms with Gasteiger partial charge in [0, 0.05) is 6.42 Å². The predicted octanol–water partition coefficient (Wildman–Crippen LogP) is 3.94. The zero-order chi connectivity index (χ0) is 13.2. The summed E-state index contributed by atoms with van der Waals surface area (Å²) >= 11 is 1.03. The molecule has 0 aliphatic carbocycles.